The van der Waals surface area contributed by atoms with Crippen LogP contribution in [0.5, 0.6) is 5.88 Å². The molecule has 0 aliphatic carbocycles. The Labute approximate surface area is 91.6 Å². The van der Waals surface area contributed by atoms with Gasteiger partial charge in [-0.25, -0.2) is 0 Å². The minimum Gasteiger partial charge on any atom is -0.481 e. The summed E-state index contributed by atoms with van der Waals surface area (Å²) in [5.41, 5.74) is 10.3. The van der Waals surface area contributed by atoms with E-state index in [1.807, 2.05) is 0 Å². The van der Waals surface area contributed by atoms with Crippen molar-refractivity contribution in [1.82, 2.24) is 9.97 Å². The maximum Gasteiger partial charge on any atom is 0.248 e. The molecule has 0 saturated heterocycles. The van der Waals surface area contributed by atoms with E-state index < -0.39 is 12.0 Å². The standard InChI is InChI=1S/C8H13N5O3/c1-16-6-2-5(12-8(10)13-6)11-3-4(14)7(9)15/h2,4,14H,3H2,1H3,(H2,9,15)(H3,10,11,12,13). The highest BCUT2D eigenvalue weighted by atomic mass is 16.5. The maximum absolute atomic E-state index is 10.6. The number of amides is 1. The predicted molar refractivity (Wildman–Crippen MR) is 56.7 cm³/mol. The Kier molecular flexibility index (Phi) is 3.84. The molecule has 1 heterocycles. The van der Waals surface area contributed by atoms with Gasteiger partial charge in [-0.2, -0.15) is 9.97 Å². The number of primary amides is 1. The zero-order valence-electron chi connectivity index (χ0n) is 8.67. The number of aromatic nitrogens is 2. The minimum atomic E-state index is -1.29. The third-order valence-electron chi connectivity index (χ3n) is 1.73. The van der Waals surface area contributed by atoms with Crippen molar-refractivity contribution in [3.05, 3.63) is 6.07 Å². The van der Waals surface area contributed by atoms with Gasteiger partial charge < -0.3 is 26.6 Å². The molecule has 6 N–H and O–H groups in total. The molecule has 0 aliphatic rings. The number of ether oxygens (including phenoxy) is 1. The van der Waals surface area contributed by atoms with Crippen LogP contribution in [0.4, 0.5) is 11.8 Å². The summed E-state index contributed by atoms with van der Waals surface area (Å²) >= 11 is 0. The van der Waals surface area contributed by atoms with Crippen LogP contribution in [0.3, 0.4) is 0 Å². The van der Waals surface area contributed by atoms with Crippen LogP contribution in [0, 0.1) is 0 Å². The summed E-state index contributed by atoms with van der Waals surface area (Å²) in [5.74, 6) is -0.176. The fourth-order valence-corrected chi connectivity index (χ4v) is 0.940. The van der Waals surface area contributed by atoms with Crippen molar-refractivity contribution in [1.29, 1.82) is 0 Å². The van der Waals surface area contributed by atoms with Gasteiger partial charge in [-0.1, -0.05) is 0 Å². The lowest BCUT2D eigenvalue weighted by Crippen LogP contribution is -2.34. The first-order valence-corrected chi connectivity index (χ1v) is 4.42. The van der Waals surface area contributed by atoms with Crippen molar-refractivity contribution < 1.29 is 14.6 Å². The van der Waals surface area contributed by atoms with Gasteiger partial charge in [0.2, 0.25) is 17.7 Å². The molecule has 0 aliphatic heterocycles. The molecule has 0 aromatic carbocycles. The Bertz CT molecular complexity index is 384. The van der Waals surface area contributed by atoms with Crippen molar-refractivity contribution >= 4 is 17.7 Å². The molecule has 0 fully saturated rings. The highest BCUT2D eigenvalue weighted by molar-refractivity contribution is 5.79. The second-order valence-corrected chi connectivity index (χ2v) is 2.95. The molecule has 1 atom stereocenters. The Morgan fingerprint density at radius 2 is 2.38 bits per heavy atom. The average Bonchev–Trinajstić information content (AvgIpc) is 2.24. The van der Waals surface area contributed by atoms with E-state index in [9.17, 15) is 4.79 Å². The molecule has 16 heavy (non-hydrogen) atoms. The van der Waals surface area contributed by atoms with E-state index in [0.717, 1.165) is 0 Å². The predicted octanol–water partition coefficient (Wildman–Crippen LogP) is -1.67. The Balaban J connectivity index is 2.66. The van der Waals surface area contributed by atoms with Crippen LogP contribution in [0.25, 0.3) is 0 Å². The third-order valence-corrected chi connectivity index (χ3v) is 1.73. The first-order valence-electron chi connectivity index (χ1n) is 4.42. The molecule has 1 amide bonds. The summed E-state index contributed by atoms with van der Waals surface area (Å²) in [5, 5.41) is 11.8. The van der Waals surface area contributed by atoms with E-state index >= 15 is 0 Å². The number of hydrogen-bond acceptors (Lipinski definition) is 7. The topological polar surface area (TPSA) is 136 Å². The van der Waals surface area contributed by atoms with Crippen LogP contribution in [-0.2, 0) is 4.79 Å². The molecule has 0 bridgehead atoms. The Morgan fingerprint density at radius 1 is 1.69 bits per heavy atom. The molecule has 0 saturated carbocycles. The summed E-state index contributed by atoms with van der Waals surface area (Å²) in [7, 11) is 1.43. The highest BCUT2D eigenvalue weighted by Crippen LogP contribution is 2.13. The molecule has 88 valence electrons. The van der Waals surface area contributed by atoms with E-state index in [0.29, 0.717) is 5.82 Å². The van der Waals surface area contributed by atoms with E-state index in [2.05, 4.69) is 15.3 Å². The lowest BCUT2D eigenvalue weighted by molar-refractivity contribution is -0.125. The fourth-order valence-electron chi connectivity index (χ4n) is 0.940. The molecule has 0 radical (unpaired) electrons. The molecular weight excluding hydrogens is 214 g/mol. The number of aliphatic hydroxyl groups is 1. The molecule has 1 aromatic rings. The summed E-state index contributed by atoms with van der Waals surface area (Å²) in [6, 6.07) is 1.48. The first-order chi connectivity index (χ1) is 7.52. The fraction of sp³-hybridized carbons (Fsp3) is 0.375. The number of carbonyl (C=O) groups is 1. The van der Waals surface area contributed by atoms with Crippen LogP contribution in [0.1, 0.15) is 0 Å². The molecular formula is C8H13N5O3. The highest BCUT2D eigenvalue weighted by Gasteiger charge is 2.11. The SMILES string of the molecule is COc1cc(NCC(O)C(N)=O)nc(N)n1. The van der Waals surface area contributed by atoms with E-state index in [4.69, 9.17) is 21.3 Å². The Hall–Kier alpha value is -2.09. The van der Waals surface area contributed by atoms with Crippen LogP contribution >= 0.6 is 0 Å². The van der Waals surface area contributed by atoms with Crippen molar-refractivity contribution in [2.24, 2.45) is 5.73 Å². The minimum absolute atomic E-state index is 0.0235. The molecule has 8 nitrogen and oxygen atoms in total. The number of carbonyl (C=O) groups excluding carboxylic acids is 1. The van der Waals surface area contributed by atoms with E-state index in [1.54, 1.807) is 0 Å². The number of nitrogens with two attached hydrogens (primary N) is 2. The van der Waals surface area contributed by atoms with Gasteiger partial charge in [-0.3, -0.25) is 4.79 Å². The molecule has 1 rings (SSSR count). The lowest BCUT2D eigenvalue weighted by Gasteiger charge is -2.09. The third kappa shape index (κ3) is 3.24. The normalized spacial score (nSPS) is 11.9. The van der Waals surface area contributed by atoms with Crippen LogP contribution in [0.2, 0.25) is 0 Å². The molecule has 1 aromatic heterocycles. The molecule has 8 heteroatoms. The quantitative estimate of drug-likeness (QED) is 0.471. The number of rotatable bonds is 5. The largest absolute Gasteiger partial charge is 0.481 e. The van der Waals surface area contributed by atoms with Gasteiger partial charge in [0.05, 0.1) is 13.7 Å². The zero-order valence-corrected chi connectivity index (χ0v) is 8.67. The molecule has 1 unspecified atom stereocenters. The number of nitrogens with zero attached hydrogens (tertiary/aromatic N) is 2. The van der Waals surface area contributed by atoms with Gasteiger partial charge in [0, 0.05) is 6.07 Å². The second-order valence-electron chi connectivity index (χ2n) is 2.95. The number of anilines is 2. The average molecular weight is 227 g/mol. The number of hydrogen-bond donors (Lipinski definition) is 4. The van der Waals surface area contributed by atoms with Crippen molar-refractivity contribution in [2.75, 3.05) is 24.7 Å². The van der Waals surface area contributed by atoms with Gasteiger partial charge in [-0.15, -0.1) is 0 Å². The van der Waals surface area contributed by atoms with E-state index in [1.165, 1.54) is 13.2 Å². The maximum atomic E-state index is 10.6. The summed E-state index contributed by atoms with van der Waals surface area (Å²) in [6.45, 7) is -0.0606. The smallest absolute Gasteiger partial charge is 0.248 e. The number of nitrogen functional groups attached to an aromatic ring is 1. The Morgan fingerprint density at radius 3 is 2.94 bits per heavy atom. The number of nitrogens with one attached hydrogen (secondary N) is 1. The monoisotopic (exact) mass is 227 g/mol. The van der Waals surface area contributed by atoms with Gasteiger partial charge in [-0.05, 0) is 0 Å². The van der Waals surface area contributed by atoms with Gasteiger partial charge in [0.1, 0.15) is 11.9 Å². The second kappa shape index (κ2) is 5.12. The van der Waals surface area contributed by atoms with Crippen LogP contribution in [-0.4, -0.2) is 40.7 Å². The summed E-state index contributed by atoms with van der Waals surface area (Å²) in [6.07, 6.45) is -1.29. The zero-order chi connectivity index (χ0) is 12.1. The van der Waals surface area contributed by atoms with Crippen LogP contribution < -0.4 is 21.5 Å². The first kappa shape index (κ1) is 12.0. The van der Waals surface area contributed by atoms with Gasteiger partial charge in [0.25, 0.3) is 0 Å². The van der Waals surface area contributed by atoms with Gasteiger partial charge >= 0.3 is 0 Å². The summed E-state index contributed by atoms with van der Waals surface area (Å²) in [4.78, 5) is 18.2. The van der Waals surface area contributed by atoms with Crippen LogP contribution in [0.15, 0.2) is 6.07 Å². The van der Waals surface area contributed by atoms with Crippen molar-refractivity contribution in [2.45, 2.75) is 6.10 Å². The summed E-state index contributed by atoms with van der Waals surface area (Å²) < 4.78 is 4.86. The number of methoxy groups -OCH3 is 1. The molecule has 0 spiro atoms. The van der Waals surface area contributed by atoms with Crippen molar-refractivity contribution in [3.8, 4) is 5.88 Å². The van der Waals surface area contributed by atoms with Crippen molar-refractivity contribution in [3.63, 3.8) is 0 Å². The van der Waals surface area contributed by atoms with Gasteiger partial charge in [0.15, 0.2) is 0 Å². The lowest BCUT2D eigenvalue weighted by atomic mass is 10.3. The van der Waals surface area contributed by atoms with E-state index in [-0.39, 0.29) is 18.4 Å². The number of aliphatic hydroxyl groups excluding tert-OH is 1.